The first-order chi connectivity index (χ1) is 9.59. The molecule has 1 saturated heterocycles. The molecule has 0 radical (unpaired) electrons. The molecule has 1 aliphatic rings. The first-order valence-electron chi connectivity index (χ1n) is 7.49. The van der Waals surface area contributed by atoms with Crippen LogP contribution in [-0.2, 0) is 16.6 Å². The summed E-state index contributed by atoms with van der Waals surface area (Å²) in [5.41, 5.74) is 0.912. The summed E-state index contributed by atoms with van der Waals surface area (Å²) < 4.78 is 27.1. The van der Waals surface area contributed by atoms with E-state index in [2.05, 4.69) is 17.2 Å². The van der Waals surface area contributed by atoms with Crippen molar-refractivity contribution in [3.8, 4) is 0 Å². The summed E-state index contributed by atoms with van der Waals surface area (Å²) >= 11 is 0. The van der Waals surface area contributed by atoms with Gasteiger partial charge in [0.25, 0.3) is 0 Å². The first kappa shape index (κ1) is 15.5. The SMILES string of the molecule is CCNCc1cc(S(=O)(=O)N2CCCCC2CC)c[nH]1. The van der Waals surface area contributed by atoms with Gasteiger partial charge < -0.3 is 10.3 Å². The molecule has 0 spiro atoms. The van der Waals surface area contributed by atoms with Gasteiger partial charge in [0.1, 0.15) is 0 Å². The monoisotopic (exact) mass is 299 g/mol. The van der Waals surface area contributed by atoms with Crippen LogP contribution in [0.2, 0.25) is 0 Å². The molecule has 1 unspecified atom stereocenters. The van der Waals surface area contributed by atoms with E-state index in [0.717, 1.165) is 37.9 Å². The minimum atomic E-state index is -3.35. The molecular formula is C14H25N3O2S. The molecule has 6 heteroatoms. The number of hydrogen-bond donors (Lipinski definition) is 2. The van der Waals surface area contributed by atoms with Gasteiger partial charge in [-0.2, -0.15) is 4.31 Å². The average Bonchev–Trinajstić information content (AvgIpc) is 2.94. The molecule has 1 aromatic rings. The summed E-state index contributed by atoms with van der Waals surface area (Å²) in [5.74, 6) is 0. The zero-order valence-corrected chi connectivity index (χ0v) is 13.2. The molecule has 114 valence electrons. The Morgan fingerprint density at radius 1 is 1.40 bits per heavy atom. The fourth-order valence-corrected chi connectivity index (χ4v) is 4.55. The number of H-pyrrole nitrogens is 1. The smallest absolute Gasteiger partial charge is 0.244 e. The zero-order valence-electron chi connectivity index (χ0n) is 12.4. The highest BCUT2D eigenvalue weighted by Gasteiger charge is 2.32. The van der Waals surface area contributed by atoms with Crippen LogP contribution in [0.3, 0.4) is 0 Å². The fourth-order valence-electron chi connectivity index (χ4n) is 2.76. The molecule has 0 bridgehead atoms. The van der Waals surface area contributed by atoms with Crippen LogP contribution < -0.4 is 5.32 Å². The van der Waals surface area contributed by atoms with Gasteiger partial charge in [0.2, 0.25) is 10.0 Å². The number of nitrogens with one attached hydrogen (secondary N) is 2. The quantitative estimate of drug-likeness (QED) is 0.845. The van der Waals surface area contributed by atoms with Crippen LogP contribution in [0.1, 0.15) is 45.2 Å². The van der Waals surface area contributed by atoms with Crippen molar-refractivity contribution in [2.45, 2.75) is 57.0 Å². The molecule has 1 fully saturated rings. The number of hydrogen-bond acceptors (Lipinski definition) is 3. The Morgan fingerprint density at radius 2 is 2.20 bits per heavy atom. The number of piperidine rings is 1. The number of aromatic nitrogens is 1. The summed E-state index contributed by atoms with van der Waals surface area (Å²) in [7, 11) is -3.35. The van der Waals surface area contributed by atoms with Crippen molar-refractivity contribution in [2.75, 3.05) is 13.1 Å². The summed E-state index contributed by atoms with van der Waals surface area (Å²) in [4.78, 5) is 3.44. The summed E-state index contributed by atoms with van der Waals surface area (Å²) in [6.07, 6.45) is 5.56. The van der Waals surface area contributed by atoms with E-state index in [0.29, 0.717) is 18.0 Å². The van der Waals surface area contributed by atoms with Crippen LogP contribution in [0.4, 0.5) is 0 Å². The highest BCUT2D eigenvalue weighted by molar-refractivity contribution is 7.89. The van der Waals surface area contributed by atoms with Crippen molar-refractivity contribution < 1.29 is 8.42 Å². The molecule has 1 atom stereocenters. The van der Waals surface area contributed by atoms with E-state index >= 15 is 0 Å². The largest absolute Gasteiger partial charge is 0.363 e. The van der Waals surface area contributed by atoms with Gasteiger partial charge >= 0.3 is 0 Å². The first-order valence-corrected chi connectivity index (χ1v) is 8.93. The van der Waals surface area contributed by atoms with E-state index in [4.69, 9.17) is 0 Å². The second-order valence-electron chi connectivity index (χ2n) is 5.31. The zero-order chi connectivity index (χ0) is 14.6. The predicted molar refractivity (Wildman–Crippen MR) is 80.0 cm³/mol. The standard InChI is InChI=1S/C14H25N3O2S/c1-3-13-7-5-6-8-17(13)20(18,19)14-9-12(16-11-14)10-15-4-2/h9,11,13,15-16H,3-8,10H2,1-2H3. The van der Waals surface area contributed by atoms with Gasteiger partial charge in [-0.05, 0) is 31.9 Å². The van der Waals surface area contributed by atoms with E-state index in [1.807, 2.05) is 6.92 Å². The third-order valence-electron chi connectivity index (χ3n) is 3.93. The highest BCUT2D eigenvalue weighted by atomic mass is 32.2. The molecule has 0 saturated carbocycles. The molecule has 2 rings (SSSR count). The minimum Gasteiger partial charge on any atom is -0.363 e. The Kier molecular flexibility index (Phi) is 5.23. The van der Waals surface area contributed by atoms with E-state index in [-0.39, 0.29) is 6.04 Å². The van der Waals surface area contributed by atoms with Gasteiger partial charge in [-0.25, -0.2) is 8.42 Å². The van der Waals surface area contributed by atoms with Crippen molar-refractivity contribution in [3.05, 3.63) is 18.0 Å². The van der Waals surface area contributed by atoms with Gasteiger partial charge in [0, 0.05) is 31.0 Å². The lowest BCUT2D eigenvalue weighted by atomic mass is 10.0. The van der Waals surface area contributed by atoms with E-state index in [1.54, 1.807) is 16.6 Å². The Bertz CT molecular complexity index is 524. The fraction of sp³-hybridized carbons (Fsp3) is 0.714. The summed E-state index contributed by atoms with van der Waals surface area (Å²) in [5, 5.41) is 3.19. The van der Waals surface area contributed by atoms with Crippen LogP contribution in [0, 0.1) is 0 Å². The Labute approximate surface area is 121 Å². The predicted octanol–water partition coefficient (Wildman–Crippen LogP) is 2.08. The van der Waals surface area contributed by atoms with E-state index in [9.17, 15) is 8.42 Å². The Balaban J connectivity index is 2.18. The van der Waals surface area contributed by atoms with Crippen molar-refractivity contribution in [1.29, 1.82) is 0 Å². The maximum atomic E-state index is 12.7. The van der Waals surface area contributed by atoms with Crippen LogP contribution >= 0.6 is 0 Å². The highest BCUT2D eigenvalue weighted by Crippen LogP contribution is 2.27. The van der Waals surface area contributed by atoms with Gasteiger partial charge in [0.15, 0.2) is 0 Å². The van der Waals surface area contributed by atoms with Crippen LogP contribution in [0.5, 0.6) is 0 Å². The molecule has 0 amide bonds. The second kappa shape index (κ2) is 6.74. The van der Waals surface area contributed by atoms with Crippen molar-refractivity contribution in [2.24, 2.45) is 0 Å². The lowest BCUT2D eigenvalue weighted by Gasteiger charge is -2.33. The molecule has 20 heavy (non-hydrogen) atoms. The van der Waals surface area contributed by atoms with Crippen molar-refractivity contribution >= 4 is 10.0 Å². The lowest BCUT2D eigenvalue weighted by Crippen LogP contribution is -2.43. The maximum absolute atomic E-state index is 12.7. The second-order valence-corrected chi connectivity index (χ2v) is 7.21. The topological polar surface area (TPSA) is 65.2 Å². The lowest BCUT2D eigenvalue weighted by molar-refractivity contribution is 0.246. The van der Waals surface area contributed by atoms with E-state index in [1.165, 1.54) is 0 Å². The van der Waals surface area contributed by atoms with Crippen LogP contribution in [0.25, 0.3) is 0 Å². The number of nitrogens with zero attached hydrogens (tertiary/aromatic N) is 1. The number of rotatable bonds is 6. The van der Waals surface area contributed by atoms with Gasteiger partial charge in [0.05, 0.1) is 4.90 Å². The maximum Gasteiger partial charge on any atom is 0.244 e. The number of aromatic amines is 1. The molecule has 0 aliphatic carbocycles. The summed E-state index contributed by atoms with van der Waals surface area (Å²) in [6, 6.07) is 1.90. The molecule has 0 aromatic carbocycles. The molecule has 1 aliphatic heterocycles. The normalized spacial score (nSPS) is 21.2. The van der Waals surface area contributed by atoms with E-state index < -0.39 is 10.0 Å². The molecule has 2 heterocycles. The minimum absolute atomic E-state index is 0.154. The number of sulfonamides is 1. The van der Waals surface area contributed by atoms with Gasteiger partial charge in [-0.15, -0.1) is 0 Å². The van der Waals surface area contributed by atoms with Crippen molar-refractivity contribution in [3.63, 3.8) is 0 Å². The van der Waals surface area contributed by atoms with Crippen LogP contribution in [0.15, 0.2) is 17.2 Å². The third kappa shape index (κ3) is 3.24. The summed E-state index contributed by atoms with van der Waals surface area (Å²) in [6.45, 7) is 6.27. The van der Waals surface area contributed by atoms with Gasteiger partial charge in [-0.1, -0.05) is 20.3 Å². The Morgan fingerprint density at radius 3 is 2.90 bits per heavy atom. The molecular weight excluding hydrogens is 274 g/mol. The average molecular weight is 299 g/mol. The van der Waals surface area contributed by atoms with Crippen molar-refractivity contribution in [1.82, 2.24) is 14.6 Å². The third-order valence-corrected chi connectivity index (χ3v) is 5.86. The molecule has 5 nitrogen and oxygen atoms in total. The Hall–Kier alpha value is -0.850. The van der Waals surface area contributed by atoms with Gasteiger partial charge in [-0.3, -0.25) is 0 Å². The van der Waals surface area contributed by atoms with Crippen LogP contribution in [-0.4, -0.2) is 36.8 Å². The molecule has 2 N–H and O–H groups in total. The molecule has 1 aromatic heterocycles.